The summed E-state index contributed by atoms with van der Waals surface area (Å²) in [6.45, 7) is 1.94. The van der Waals surface area contributed by atoms with Crippen LogP contribution in [0.1, 0.15) is 22.3 Å². The highest BCUT2D eigenvalue weighted by atomic mass is 16.5. The van der Waals surface area contributed by atoms with E-state index in [0.29, 0.717) is 11.3 Å². The van der Waals surface area contributed by atoms with Crippen LogP contribution >= 0.6 is 0 Å². The normalized spacial score (nSPS) is 10.2. The molecule has 4 nitrogen and oxygen atoms in total. The second-order valence-electron chi connectivity index (χ2n) is 3.85. The molecule has 0 saturated heterocycles. The number of H-pyrrole nitrogens is 1. The number of ketones is 1. The number of carbonyl (C=O) groups excluding carboxylic acids is 1. The molecule has 1 heterocycles. The fourth-order valence-corrected chi connectivity index (χ4v) is 1.90. The summed E-state index contributed by atoms with van der Waals surface area (Å²) < 4.78 is 5.25. The molecular formula is C13H12N2O2. The average Bonchev–Trinajstić information content (AvgIpc) is 2.71. The third kappa shape index (κ3) is 1.87. The molecule has 0 radical (unpaired) electrons. The molecule has 0 saturated carbocycles. The molecule has 0 unspecified atom stereocenters. The molecule has 0 fully saturated rings. The zero-order valence-corrected chi connectivity index (χ0v) is 9.70. The first-order valence-corrected chi connectivity index (χ1v) is 5.23. The van der Waals surface area contributed by atoms with E-state index in [4.69, 9.17) is 10.00 Å². The van der Waals surface area contributed by atoms with E-state index in [1.54, 1.807) is 13.3 Å². The SMILES string of the molecule is COc1cc(C)cc2c(C(=O)CC#N)c[nH]c12. The molecule has 0 amide bonds. The first kappa shape index (κ1) is 11.2. The highest BCUT2D eigenvalue weighted by molar-refractivity contribution is 6.09. The maximum atomic E-state index is 11.7. The monoisotopic (exact) mass is 228 g/mol. The van der Waals surface area contributed by atoms with E-state index in [1.165, 1.54) is 0 Å². The lowest BCUT2D eigenvalue weighted by molar-refractivity contribution is 0.0999. The highest BCUT2D eigenvalue weighted by Crippen LogP contribution is 2.29. The molecular weight excluding hydrogens is 216 g/mol. The van der Waals surface area contributed by atoms with Gasteiger partial charge >= 0.3 is 0 Å². The van der Waals surface area contributed by atoms with Gasteiger partial charge in [-0.1, -0.05) is 0 Å². The average molecular weight is 228 g/mol. The number of aromatic nitrogens is 1. The number of aryl methyl sites for hydroxylation is 1. The van der Waals surface area contributed by atoms with Gasteiger partial charge in [0.1, 0.15) is 5.75 Å². The van der Waals surface area contributed by atoms with Gasteiger partial charge in [-0.3, -0.25) is 4.79 Å². The van der Waals surface area contributed by atoms with Gasteiger partial charge in [-0.15, -0.1) is 0 Å². The molecule has 0 aliphatic rings. The second-order valence-corrected chi connectivity index (χ2v) is 3.85. The van der Waals surface area contributed by atoms with E-state index < -0.39 is 0 Å². The molecule has 0 aliphatic carbocycles. The summed E-state index contributed by atoms with van der Waals surface area (Å²) in [5.41, 5.74) is 2.35. The van der Waals surface area contributed by atoms with E-state index in [2.05, 4.69) is 4.98 Å². The predicted octanol–water partition coefficient (Wildman–Crippen LogP) is 2.58. The lowest BCUT2D eigenvalue weighted by atomic mass is 10.1. The van der Waals surface area contributed by atoms with E-state index in [0.717, 1.165) is 16.5 Å². The van der Waals surface area contributed by atoms with Crippen molar-refractivity contribution in [2.45, 2.75) is 13.3 Å². The lowest BCUT2D eigenvalue weighted by Crippen LogP contribution is -1.95. The van der Waals surface area contributed by atoms with Crippen molar-refractivity contribution in [3.63, 3.8) is 0 Å². The Kier molecular flexibility index (Phi) is 2.84. The van der Waals surface area contributed by atoms with Crippen LogP contribution in [0.5, 0.6) is 5.75 Å². The van der Waals surface area contributed by atoms with Crippen molar-refractivity contribution in [3.05, 3.63) is 29.5 Å². The number of nitrogens with one attached hydrogen (secondary N) is 1. The third-order valence-corrected chi connectivity index (χ3v) is 2.66. The fourth-order valence-electron chi connectivity index (χ4n) is 1.90. The Morgan fingerprint density at radius 3 is 2.94 bits per heavy atom. The van der Waals surface area contributed by atoms with E-state index in [1.807, 2.05) is 25.1 Å². The summed E-state index contributed by atoms with van der Waals surface area (Å²) in [4.78, 5) is 14.8. The molecule has 86 valence electrons. The Morgan fingerprint density at radius 1 is 1.53 bits per heavy atom. The van der Waals surface area contributed by atoms with E-state index >= 15 is 0 Å². The molecule has 4 heteroatoms. The van der Waals surface area contributed by atoms with Crippen molar-refractivity contribution in [2.75, 3.05) is 7.11 Å². The quantitative estimate of drug-likeness (QED) is 0.821. The number of benzene rings is 1. The summed E-state index contributed by atoms with van der Waals surface area (Å²) >= 11 is 0. The topological polar surface area (TPSA) is 65.9 Å². The zero-order chi connectivity index (χ0) is 12.4. The molecule has 1 aromatic carbocycles. The molecule has 17 heavy (non-hydrogen) atoms. The number of ether oxygens (including phenoxy) is 1. The Balaban J connectivity index is 2.65. The third-order valence-electron chi connectivity index (χ3n) is 2.66. The number of nitriles is 1. The van der Waals surface area contributed by atoms with E-state index in [9.17, 15) is 4.79 Å². The number of hydrogen-bond acceptors (Lipinski definition) is 3. The molecule has 0 spiro atoms. The van der Waals surface area contributed by atoms with Gasteiger partial charge in [0.2, 0.25) is 0 Å². The van der Waals surface area contributed by atoms with Crippen molar-refractivity contribution in [1.82, 2.24) is 4.98 Å². The van der Waals surface area contributed by atoms with Gasteiger partial charge in [-0.2, -0.15) is 5.26 Å². The van der Waals surface area contributed by atoms with Crippen LogP contribution < -0.4 is 4.74 Å². The van der Waals surface area contributed by atoms with Crippen LogP contribution in [0.4, 0.5) is 0 Å². The van der Waals surface area contributed by atoms with Crippen LogP contribution in [0.25, 0.3) is 10.9 Å². The standard InChI is InChI=1S/C13H12N2O2/c1-8-5-9-10(11(16)3-4-14)7-15-13(9)12(6-8)17-2/h5-7,15H,3H2,1-2H3. The molecule has 2 aromatic rings. The molecule has 0 bridgehead atoms. The van der Waals surface area contributed by atoms with Gasteiger partial charge in [0.15, 0.2) is 5.78 Å². The Bertz CT molecular complexity index is 620. The number of methoxy groups -OCH3 is 1. The summed E-state index contributed by atoms with van der Waals surface area (Å²) in [7, 11) is 1.59. The highest BCUT2D eigenvalue weighted by Gasteiger charge is 2.14. The Hall–Kier alpha value is -2.28. The summed E-state index contributed by atoms with van der Waals surface area (Å²) in [5, 5.41) is 9.36. The smallest absolute Gasteiger partial charge is 0.179 e. The van der Waals surface area contributed by atoms with Crippen LogP contribution in [0, 0.1) is 18.3 Å². The van der Waals surface area contributed by atoms with Crippen molar-refractivity contribution in [3.8, 4) is 11.8 Å². The van der Waals surface area contributed by atoms with Crippen LogP contribution in [0.3, 0.4) is 0 Å². The van der Waals surface area contributed by atoms with Crippen LogP contribution in [0.15, 0.2) is 18.3 Å². The molecule has 2 rings (SSSR count). The molecule has 1 N–H and O–H groups in total. The second kappa shape index (κ2) is 4.30. The number of hydrogen-bond donors (Lipinski definition) is 1. The van der Waals surface area contributed by atoms with Gasteiger partial charge in [-0.25, -0.2) is 0 Å². The number of aromatic amines is 1. The molecule has 1 aromatic heterocycles. The minimum Gasteiger partial charge on any atom is -0.495 e. The van der Waals surface area contributed by atoms with Crippen molar-refractivity contribution < 1.29 is 9.53 Å². The number of rotatable bonds is 3. The number of nitrogens with zero attached hydrogens (tertiary/aromatic N) is 1. The van der Waals surface area contributed by atoms with Crippen molar-refractivity contribution in [2.24, 2.45) is 0 Å². The largest absolute Gasteiger partial charge is 0.495 e. The number of fused-ring (bicyclic) bond motifs is 1. The first-order valence-electron chi connectivity index (χ1n) is 5.23. The summed E-state index contributed by atoms with van der Waals surface area (Å²) in [6, 6.07) is 5.68. The van der Waals surface area contributed by atoms with Gasteiger partial charge in [0.25, 0.3) is 0 Å². The van der Waals surface area contributed by atoms with Crippen LogP contribution in [-0.4, -0.2) is 17.9 Å². The Labute approximate surface area is 98.8 Å². The van der Waals surface area contributed by atoms with Crippen molar-refractivity contribution in [1.29, 1.82) is 5.26 Å². The number of carbonyl (C=O) groups is 1. The van der Waals surface area contributed by atoms with Gasteiger partial charge in [0, 0.05) is 17.1 Å². The number of Topliss-reactive ketones (excluding diaryl/α,β-unsaturated/α-hetero) is 1. The van der Waals surface area contributed by atoms with E-state index in [-0.39, 0.29) is 12.2 Å². The first-order chi connectivity index (χ1) is 8.17. The van der Waals surface area contributed by atoms with Crippen LogP contribution in [0.2, 0.25) is 0 Å². The lowest BCUT2D eigenvalue weighted by Gasteiger charge is -2.04. The van der Waals surface area contributed by atoms with Crippen molar-refractivity contribution >= 4 is 16.7 Å². The Morgan fingerprint density at radius 2 is 2.29 bits per heavy atom. The summed E-state index contributed by atoms with van der Waals surface area (Å²) in [6.07, 6.45) is 1.52. The summed E-state index contributed by atoms with van der Waals surface area (Å²) in [5.74, 6) is 0.530. The minimum absolute atomic E-state index is 0.108. The fraction of sp³-hybridized carbons (Fsp3) is 0.231. The predicted molar refractivity (Wildman–Crippen MR) is 64.1 cm³/mol. The maximum Gasteiger partial charge on any atom is 0.179 e. The van der Waals surface area contributed by atoms with Gasteiger partial charge < -0.3 is 9.72 Å². The molecule has 0 aliphatic heterocycles. The van der Waals surface area contributed by atoms with Gasteiger partial charge in [-0.05, 0) is 24.6 Å². The maximum absolute atomic E-state index is 11.7. The zero-order valence-electron chi connectivity index (χ0n) is 9.70. The van der Waals surface area contributed by atoms with Gasteiger partial charge in [0.05, 0.1) is 25.1 Å². The minimum atomic E-state index is -0.175. The van der Waals surface area contributed by atoms with Crippen LogP contribution in [-0.2, 0) is 0 Å². The molecule has 0 atom stereocenters.